The van der Waals surface area contributed by atoms with Gasteiger partial charge in [-0.25, -0.2) is 4.79 Å². The molecule has 1 atom stereocenters. The smallest absolute Gasteiger partial charge is 0.322 e. The summed E-state index contributed by atoms with van der Waals surface area (Å²) in [5, 5.41) is 4.70. The first kappa shape index (κ1) is 17.2. The Morgan fingerprint density at radius 1 is 1.22 bits per heavy atom. The van der Waals surface area contributed by atoms with Gasteiger partial charge >= 0.3 is 6.03 Å². The number of nitrogens with zero attached hydrogens (tertiary/aromatic N) is 1. The predicted molar refractivity (Wildman–Crippen MR) is 99.8 cm³/mol. The number of urea groups is 1. The molecule has 2 aromatic carbocycles. The van der Waals surface area contributed by atoms with Crippen molar-refractivity contribution >= 4 is 39.6 Å². The second kappa shape index (κ2) is 6.81. The first-order valence-electron chi connectivity index (χ1n) is 8.53. The summed E-state index contributed by atoms with van der Waals surface area (Å²) in [6.07, 6.45) is -0.802. The summed E-state index contributed by atoms with van der Waals surface area (Å²) in [5.74, 6) is -0.0733. The Bertz CT molecular complexity index is 1030. The molecule has 8 heteroatoms. The summed E-state index contributed by atoms with van der Waals surface area (Å²) >= 11 is 0. The van der Waals surface area contributed by atoms with Crippen LogP contribution in [-0.2, 0) is 9.53 Å². The van der Waals surface area contributed by atoms with Crippen LogP contribution in [-0.4, -0.2) is 49.7 Å². The fourth-order valence-corrected chi connectivity index (χ4v) is 3.22. The number of methoxy groups -OCH3 is 1. The van der Waals surface area contributed by atoms with Gasteiger partial charge in [0.25, 0.3) is 0 Å². The molecule has 3 aromatic rings. The van der Waals surface area contributed by atoms with Gasteiger partial charge in [0.2, 0.25) is 5.91 Å². The predicted octanol–water partition coefficient (Wildman–Crippen LogP) is 2.31. The van der Waals surface area contributed by atoms with Crippen molar-refractivity contribution < 1.29 is 23.5 Å². The Labute approximate surface area is 154 Å². The minimum atomic E-state index is -0.802. The third-order valence-corrected chi connectivity index (χ3v) is 4.61. The number of nitrogens with one attached hydrogen (secondary N) is 1. The number of rotatable bonds is 3. The van der Waals surface area contributed by atoms with E-state index >= 15 is 0 Å². The van der Waals surface area contributed by atoms with Crippen LogP contribution in [0.1, 0.15) is 0 Å². The summed E-state index contributed by atoms with van der Waals surface area (Å²) in [7, 11) is 1.54. The number of furan rings is 1. The summed E-state index contributed by atoms with van der Waals surface area (Å²) < 4.78 is 16.6. The minimum Gasteiger partial charge on any atom is -0.495 e. The van der Waals surface area contributed by atoms with Crippen molar-refractivity contribution in [3.05, 3.63) is 36.4 Å². The fourth-order valence-electron chi connectivity index (χ4n) is 3.22. The molecule has 140 valence electrons. The van der Waals surface area contributed by atoms with E-state index < -0.39 is 12.0 Å². The maximum Gasteiger partial charge on any atom is 0.322 e. The summed E-state index contributed by atoms with van der Waals surface area (Å²) in [6.45, 7) is 0.724. The molecule has 0 aliphatic carbocycles. The van der Waals surface area contributed by atoms with Crippen molar-refractivity contribution in [2.45, 2.75) is 6.10 Å². The molecule has 1 saturated heterocycles. The number of anilines is 1. The number of fused-ring (bicyclic) bond motifs is 3. The van der Waals surface area contributed by atoms with E-state index in [1.807, 2.05) is 30.3 Å². The van der Waals surface area contributed by atoms with Gasteiger partial charge in [0.1, 0.15) is 16.9 Å². The average molecular weight is 369 g/mol. The maximum absolute atomic E-state index is 12.6. The molecule has 2 heterocycles. The van der Waals surface area contributed by atoms with Crippen molar-refractivity contribution in [2.24, 2.45) is 5.73 Å². The normalized spacial score (nSPS) is 17.2. The van der Waals surface area contributed by atoms with Gasteiger partial charge in [0, 0.05) is 23.4 Å². The number of morpholine rings is 1. The van der Waals surface area contributed by atoms with Crippen LogP contribution in [0.4, 0.5) is 10.5 Å². The van der Waals surface area contributed by atoms with Crippen molar-refractivity contribution in [1.29, 1.82) is 0 Å². The Morgan fingerprint density at radius 3 is 2.81 bits per heavy atom. The van der Waals surface area contributed by atoms with Crippen LogP contribution in [0.2, 0.25) is 0 Å². The number of nitrogens with two attached hydrogens (primary N) is 1. The molecular weight excluding hydrogens is 350 g/mol. The third-order valence-electron chi connectivity index (χ3n) is 4.61. The molecular formula is C19H19N3O5. The Hall–Kier alpha value is -3.26. The molecule has 8 nitrogen and oxygen atoms in total. The lowest BCUT2D eigenvalue weighted by Gasteiger charge is -2.31. The van der Waals surface area contributed by atoms with Gasteiger partial charge in [-0.3, -0.25) is 4.79 Å². The molecule has 1 aliphatic rings. The lowest BCUT2D eigenvalue weighted by molar-refractivity contribution is -0.133. The van der Waals surface area contributed by atoms with Crippen LogP contribution in [0.25, 0.3) is 21.9 Å². The number of hydrogen-bond acceptors (Lipinski definition) is 5. The van der Waals surface area contributed by atoms with Gasteiger partial charge in [0.15, 0.2) is 6.10 Å². The number of para-hydroxylation sites is 1. The quantitative estimate of drug-likeness (QED) is 0.737. The highest BCUT2D eigenvalue weighted by molar-refractivity contribution is 6.07. The molecule has 3 N–H and O–H groups in total. The van der Waals surface area contributed by atoms with Crippen molar-refractivity contribution in [3.8, 4) is 5.75 Å². The number of amides is 3. The number of ether oxygens (including phenoxy) is 2. The van der Waals surface area contributed by atoms with E-state index in [1.54, 1.807) is 6.07 Å². The van der Waals surface area contributed by atoms with Gasteiger partial charge in [-0.15, -0.1) is 0 Å². The molecule has 0 unspecified atom stereocenters. The van der Waals surface area contributed by atoms with E-state index in [0.717, 1.165) is 16.4 Å². The SMILES string of the molecule is COc1cc2c(cc1NC(=O)N1CCO[C@@H](C(N)=O)C1)oc1ccccc12. The number of hydrogen-bond donors (Lipinski definition) is 2. The highest BCUT2D eigenvalue weighted by Crippen LogP contribution is 2.36. The van der Waals surface area contributed by atoms with Crippen molar-refractivity contribution in [3.63, 3.8) is 0 Å². The molecule has 4 rings (SSSR count). The zero-order chi connectivity index (χ0) is 19.0. The van der Waals surface area contributed by atoms with Gasteiger partial charge in [-0.2, -0.15) is 0 Å². The molecule has 0 saturated carbocycles. The molecule has 0 spiro atoms. The standard InChI is InChI=1S/C19H19N3O5/c1-25-16-8-12-11-4-2-3-5-14(11)27-15(12)9-13(16)21-19(24)22-6-7-26-17(10-22)18(20)23/h2-5,8-9,17H,6-7,10H2,1H3,(H2,20,23)(H,21,24)/t17-/m1/s1. The topological polar surface area (TPSA) is 107 Å². The van der Waals surface area contributed by atoms with Crippen molar-refractivity contribution in [2.75, 3.05) is 32.1 Å². The highest BCUT2D eigenvalue weighted by atomic mass is 16.5. The number of primary amides is 1. The van der Waals surface area contributed by atoms with E-state index in [1.165, 1.54) is 12.0 Å². The Morgan fingerprint density at radius 2 is 2.04 bits per heavy atom. The van der Waals surface area contributed by atoms with E-state index in [-0.39, 0.29) is 19.2 Å². The van der Waals surface area contributed by atoms with Gasteiger partial charge in [-0.1, -0.05) is 18.2 Å². The first-order chi connectivity index (χ1) is 13.1. The summed E-state index contributed by atoms with van der Waals surface area (Å²) in [5.41, 5.74) is 7.16. The van der Waals surface area contributed by atoms with Gasteiger partial charge in [-0.05, 0) is 12.1 Å². The molecule has 27 heavy (non-hydrogen) atoms. The third kappa shape index (κ3) is 3.15. The van der Waals surface area contributed by atoms with E-state index in [0.29, 0.717) is 23.6 Å². The Kier molecular flexibility index (Phi) is 4.33. The fraction of sp³-hybridized carbons (Fsp3) is 0.263. The van der Waals surface area contributed by atoms with E-state index in [9.17, 15) is 9.59 Å². The zero-order valence-corrected chi connectivity index (χ0v) is 14.7. The molecule has 1 fully saturated rings. The van der Waals surface area contributed by atoms with Crippen LogP contribution >= 0.6 is 0 Å². The van der Waals surface area contributed by atoms with E-state index in [4.69, 9.17) is 19.6 Å². The lowest BCUT2D eigenvalue weighted by atomic mass is 10.1. The number of benzene rings is 2. The average Bonchev–Trinajstić information content (AvgIpc) is 3.04. The summed E-state index contributed by atoms with van der Waals surface area (Å²) in [4.78, 5) is 25.4. The molecule has 3 amide bonds. The van der Waals surface area contributed by atoms with Gasteiger partial charge in [0.05, 0.1) is 25.9 Å². The monoisotopic (exact) mass is 369 g/mol. The minimum absolute atomic E-state index is 0.108. The summed E-state index contributed by atoms with van der Waals surface area (Å²) in [6, 6.07) is 10.9. The van der Waals surface area contributed by atoms with Gasteiger partial charge < -0.3 is 29.8 Å². The largest absolute Gasteiger partial charge is 0.495 e. The van der Waals surface area contributed by atoms with E-state index in [2.05, 4.69) is 5.32 Å². The van der Waals surface area contributed by atoms with Crippen LogP contribution in [0.15, 0.2) is 40.8 Å². The second-order valence-corrected chi connectivity index (χ2v) is 6.28. The molecule has 0 bridgehead atoms. The molecule has 0 radical (unpaired) electrons. The number of carbonyl (C=O) groups is 2. The highest BCUT2D eigenvalue weighted by Gasteiger charge is 2.28. The molecule has 1 aliphatic heterocycles. The number of carbonyl (C=O) groups excluding carboxylic acids is 2. The molecule has 1 aromatic heterocycles. The van der Waals surface area contributed by atoms with Crippen molar-refractivity contribution in [1.82, 2.24) is 4.90 Å². The van der Waals surface area contributed by atoms with Crippen LogP contribution in [0.5, 0.6) is 5.75 Å². The second-order valence-electron chi connectivity index (χ2n) is 6.28. The Balaban J connectivity index is 1.63. The first-order valence-corrected chi connectivity index (χ1v) is 8.53. The zero-order valence-electron chi connectivity index (χ0n) is 14.7. The van der Waals surface area contributed by atoms with Crippen LogP contribution in [0.3, 0.4) is 0 Å². The van der Waals surface area contributed by atoms with Crippen LogP contribution < -0.4 is 15.8 Å². The maximum atomic E-state index is 12.6. The van der Waals surface area contributed by atoms with Crippen LogP contribution in [0, 0.1) is 0 Å². The lowest BCUT2D eigenvalue weighted by Crippen LogP contribution is -2.51.